The average Bonchev–Trinajstić information content (AvgIpc) is 2.19. The quantitative estimate of drug-likeness (QED) is 0.453. The normalized spacial score (nSPS) is 10.8. The van der Waals surface area contributed by atoms with E-state index in [0.717, 1.165) is 0 Å². The van der Waals surface area contributed by atoms with Crippen LogP contribution in [0.15, 0.2) is 35.3 Å². The second-order valence-corrected chi connectivity index (χ2v) is 2.55. The maximum atomic E-state index is 11.2. The van der Waals surface area contributed by atoms with Crippen molar-refractivity contribution in [2.75, 3.05) is 12.4 Å². The number of carbonyl (C=O) groups excluding carboxylic acids is 1. The van der Waals surface area contributed by atoms with Crippen molar-refractivity contribution in [3.8, 4) is 0 Å². The van der Waals surface area contributed by atoms with Crippen molar-refractivity contribution in [2.45, 2.75) is 0 Å². The maximum absolute atomic E-state index is 11.2. The summed E-state index contributed by atoms with van der Waals surface area (Å²) in [6, 6.07) is 8.67. The van der Waals surface area contributed by atoms with E-state index in [1.807, 2.05) is 18.2 Å². The Balaban J connectivity index is 2.50. The van der Waals surface area contributed by atoms with E-state index in [0.29, 0.717) is 5.69 Å². The molecule has 1 rings (SSSR count). The van der Waals surface area contributed by atoms with E-state index in [2.05, 4.69) is 15.6 Å². The molecule has 14 heavy (non-hydrogen) atoms. The molecular weight excluding hydrogens is 180 g/mol. The first kappa shape index (κ1) is 10.0. The molecule has 0 aliphatic rings. The minimum Gasteiger partial charge on any atom is -0.370 e. The van der Waals surface area contributed by atoms with Crippen LogP contribution < -0.4 is 16.4 Å². The molecule has 0 aliphatic heterocycles. The molecule has 74 valence electrons. The molecule has 1 aromatic rings. The predicted octanol–water partition coefficient (Wildman–Crippen LogP) is 0.753. The number of aliphatic imine (C=N–C) groups is 1. The summed E-state index contributed by atoms with van der Waals surface area (Å²) in [7, 11) is 1.50. The van der Waals surface area contributed by atoms with Crippen molar-refractivity contribution in [3.05, 3.63) is 30.3 Å². The molecule has 0 heterocycles. The Kier molecular flexibility index (Phi) is 3.49. The van der Waals surface area contributed by atoms with E-state index in [1.165, 1.54) is 7.05 Å². The van der Waals surface area contributed by atoms with Crippen LogP contribution in [-0.2, 0) is 0 Å². The van der Waals surface area contributed by atoms with Gasteiger partial charge in [0.05, 0.1) is 0 Å². The molecule has 0 spiro atoms. The van der Waals surface area contributed by atoms with Crippen LogP contribution in [0, 0.1) is 0 Å². The van der Waals surface area contributed by atoms with Crippen molar-refractivity contribution in [3.63, 3.8) is 0 Å². The lowest BCUT2D eigenvalue weighted by Crippen LogP contribution is -2.39. The van der Waals surface area contributed by atoms with Gasteiger partial charge in [-0.2, -0.15) is 0 Å². The third-order valence-corrected chi connectivity index (χ3v) is 1.51. The molecule has 0 aromatic heterocycles. The zero-order chi connectivity index (χ0) is 10.4. The largest absolute Gasteiger partial charge is 0.370 e. The second-order valence-electron chi connectivity index (χ2n) is 2.55. The molecule has 0 atom stereocenters. The van der Waals surface area contributed by atoms with E-state index in [-0.39, 0.29) is 5.96 Å². The van der Waals surface area contributed by atoms with Gasteiger partial charge in [-0.1, -0.05) is 18.2 Å². The van der Waals surface area contributed by atoms with Gasteiger partial charge in [0.1, 0.15) is 0 Å². The van der Waals surface area contributed by atoms with Gasteiger partial charge in [-0.15, -0.1) is 0 Å². The minimum absolute atomic E-state index is 0.0819. The van der Waals surface area contributed by atoms with Gasteiger partial charge < -0.3 is 11.1 Å². The number of nitrogens with one attached hydrogen (secondary N) is 2. The fraction of sp³-hybridized carbons (Fsp3) is 0.111. The summed E-state index contributed by atoms with van der Waals surface area (Å²) in [6.07, 6.45) is 0. The van der Waals surface area contributed by atoms with Crippen LogP contribution >= 0.6 is 0 Å². The third-order valence-electron chi connectivity index (χ3n) is 1.51. The van der Waals surface area contributed by atoms with Crippen LogP contribution in [0.25, 0.3) is 0 Å². The molecule has 1 aromatic carbocycles. The molecule has 0 bridgehead atoms. The lowest BCUT2D eigenvalue weighted by Gasteiger charge is -2.05. The smallest absolute Gasteiger partial charge is 0.325 e. The SMILES string of the molecule is CN=C(N)NC(=O)Nc1ccccc1. The zero-order valence-electron chi connectivity index (χ0n) is 7.82. The first-order chi connectivity index (χ1) is 6.72. The topological polar surface area (TPSA) is 79.5 Å². The standard InChI is InChI=1S/C9H12N4O/c1-11-8(10)13-9(14)12-7-5-3-2-4-6-7/h2-6H,1H3,(H4,10,11,12,13,14). The highest BCUT2D eigenvalue weighted by atomic mass is 16.2. The number of rotatable bonds is 1. The summed E-state index contributed by atoms with van der Waals surface area (Å²) < 4.78 is 0. The number of benzene rings is 1. The van der Waals surface area contributed by atoms with Gasteiger partial charge in [-0.3, -0.25) is 10.3 Å². The molecule has 0 saturated heterocycles. The molecule has 5 nitrogen and oxygen atoms in total. The van der Waals surface area contributed by atoms with E-state index in [4.69, 9.17) is 5.73 Å². The van der Waals surface area contributed by atoms with Crippen LogP contribution in [0.5, 0.6) is 0 Å². The van der Waals surface area contributed by atoms with Crippen LogP contribution in [0.3, 0.4) is 0 Å². The molecule has 0 saturated carbocycles. The van der Waals surface area contributed by atoms with E-state index < -0.39 is 6.03 Å². The number of amides is 2. The molecule has 0 fully saturated rings. The van der Waals surface area contributed by atoms with Crippen LogP contribution in [0.4, 0.5) is 10.5 Å². The highest BCUT2D eigenvalue weighted by Crippen LogP contribution is 2.03. The first-order valence-electron chi connectivity index (χ1n) is 4.07. The Labute approximate surface area is 82.0 Å². The Morgan fingerprint density at radius 3 is 2.57 bits per heavy atom. The molecule has 0 radical (unpaired) electrons. The van der Waals surface area contributed by atoms with Crippen LogP contribution in [0.1, 0.15) is 0 Å². The predicted molar refractivity (Wildman–Crippen MR) is 56.1 cm³/mol. The molecule has 0 aliphatic carbocycles. The Bertz CT molecular complexity index is 334. The summed E-state index contributed by atoms with van der Waals surface area (Å²) >= 11 is 0. The monoisotopic (exact) mass is 192 g/mol. The Hall–Kier alpha value is -2.04. The van der Waals surface area contributed by atoms with Gasteiger partial charge >= 0.3 is 6.03 Å². The van der Waals surface area contributed by atoms with Gasteiger partial charge in [0, 0.05) is 12.7 Å². The maximum Gasteiger partial charge on any atom is 0.325 e. The Morgan fingerprint density at radius 2 is 2.00 bits per heavy atom. The summed E-state index contributed by atoms with van der Waals surface area (Å²) in [5.74, 6) is 0.0819. The molecule has 5 heteroatoms. The molecule has 0 unspecified atom stereocenters. The summed E-state index contributed by atoms with van der Waals surface area (Å²) in [5.41, 5.74) is 6.01. The van der Waals surface area contributed by atoms with Crippen LogP contribution in [0.2, 0.25) is 0 Å². The van der Waals surface area contributed by atoms with Crippen molar-refractivity contribution in [1.82, 2.24) is 5.32 Å². The lowest BCUT2D eigenvalue weighted by molar-refractivity contribution is 0.256. The number of anilines is 1. The van der Waals surface area contributed by atoms with Gasteiger partial charge in [0.15, 0.2) is 5.96 Å². The zero-order valence-corrected chi connectivity index (χ0v) is 7.82. The average molecular weight is 192 g/mol. The summed E-state index contributed by atoms with van der Waals surface area (Å²) in [4.78, 5) is 14.8. The van der Waals surface area contributed by atoms with Crippen molar-refractivity contribution in [1.29, 1.82) is 0 Å². The number of nitrogens with two attached hydrogens (primary N) is 1. The van der Waals surface area contributed by atoms with E-state index >= 15 is 0 Å². The van der Waals surface area contributed by atoms with E-state index in [1.54, 1.807) is 12.1 Å². The molecule has 4 N–H and O–H groups in total. The Morgan fingerprint density at radius 1 is 1.36 bits per heavy atom. The number of urea groups is 1. The fourth-order valence-electron chi connectivity index (χ4n) is 0.856. The highest BCUT2D eigenvalue weighted by Gasteiger charge is 2.00. The fourth-order valence-corrected chi connectivity index (χ4v) is 0.856. The van der Waals surface area contributed by atoms with Gasteiger partial charge in [-0.25, -0.2) is 4.79 Å². The summed E-state index contributed by atoms with van der Waals surface area (Å²) in [6.45, 7) is 0. The van der Waals surface area contributed by atoms with E-state index in [9.17, 15) is 4.79 Å². The number of guanidine groups is 1. The second kappa shape index (κ2) is 4.86. The first-order valence-corrected chi connectivity index (χ1v) is 4.07. The lowest BCUT2D eigenvalue weighted by atomic mass is 10.3. The number of hydrogen-bond acceptors (Lipinski definition) is 2. The highest BCUT2D eigenvalue weighted by molar-refractivity contribution is 6.01. The molecular formula is C9H12N4O. The number of nitrogens with zero attached hydrogens (tertiary/aromatic N) is 1. The van der Waals surface area contributed by atoms with Gasteiger partial charge in [0.25, 0.3) is 0 Å². The number of hydrogen-bond donors (Lipinski definition) is 3. The van der Waals surface area contributed by atoms with Crippen LogP contribution in [-0.4, -0.2) is 19.0 Å². The number of carbonyl (C=O) groups is 1. The summed E-state index contributed by atoms with van der Waals surface area (Å²) in [5, 5.41) is 4.95. The van der Waals surface area contributed by atoms with Crippen molar-refractivity contribution in [2.24, 2.45) is 10.7 Å². The van der Waals surface area contributed by atoms with Crippen molar-refractivity contribution < 1.29 is 4.79 Å². The van der Waals surface area contributed by atoms with Gasteiger partial charge in [0.2, 0.25) is 0 Å². The third kappa shape index (κ3) is 3.14. The van der Waals surface area contributed by atoms with Crippen molar-refractivity contribution >= 4 is 17.7 Å². The molecule has 2 amide bonds. The number of para-hydroxylation sites is 1. The minimum atomic E-state index is -0.403. The van der Waals surface area contributed by atoms with Gasteiger partial charge in [-0.05, 0) is 12.1 Å².